The van der Waals surface area contributed by atoms with Crippen molar-refractivity contribution in [2.75, 3.05) is 62.6 Å². The first-order valence-corrected chi connectivity index (χ1v) is 15.3. The molecule has 1 aliphatic carbocycles. The van der Waals surface area contributed by atoms with Gasteiger partial charge in [-0.05, 0) is 36.7 Å². The van der Waals surface area contributed by atoms with E-state index in [0.717, 1.165) is 16.1 Å². The van der Waals surface area contributed by atoms with Crippen molar-refractivity contribution in [1.29, 1.82) is 0 Å². The van der Waals surface area contributed by atoms with Crippen LogP contribution in [-0.4, -0.2) is 86.6 Å². The Labute approximate surface area is 247 Å². The lowest BCUT2D eigenvalue weighted by Crippen LogP contribution is -2.48. The Bertz CT molecular complexity index is 1640. The Morgan fingerprint density at radius 2 is 1.88 bits per heavy atom. The number of rotatable bonds is 8. The van der Waals surface area contributed by atoms with E-state index in [-0.39, 0.29) is 24.8 Å². The van der Waals surface area contributed by atoms with Crippen molar-refractivity contribution in [3.8, 4) is 5.75 Å². The maximum atomic E-state index is 14.1. The van der Waals surface area contributed by atoms with Crippen molar-refractivity contribution in [2.24, 2.45) is 0 Å². The zero-order valence-electron chi connectivity index (χ0n) is 24.0. The maximum Gasteiger partial charge on any atom is 0.421 e. The van der Waals surface area contributed by atoms with Gasteiger partial charge in [0.25, 0.3) is 0 Å². The molecule has 2 aromatic carbocycles. The molecule has 0 spiro atoms. The van der Waals surface area contributed by atoms with Gasteiger partial charge in [-0.25, -0.2) is 13.4 Å². The van der Waals surface area contributed by atoms with Gasteiger partial charge in [0.2, 0.25) is 21.9 Å². The van der Waals surface area contributed by atoms with Gasteiger partial charge in [-0.1, -0.05) is 24.3 Å². The van der Waals surface area contributed by atoms with Gasteiger partial charge in [0, 0.05) is 38.1 Å². The molecule has 2 atom stereocenters. The number of fused-ring (bicyclic) bond motifs is 1. The van der Waals surface area contributed by atoms with Gasteiger partial charge >= 0.3 is 6.18 Å². The van der Waals surface area contributed by atoms with Crippen LogP contribution < -0.4 is 20.3 Å². The van der Waals surface area contributed by atoms with Crippen LogP contribution in [0.15, 0.2) is 48.7 Å². The van der Waals surface area contributed by atoms with Crippen molar-refractivity contribution in [3.05, 3.63) is 65.4 Å². The van der Waals surface area contributed by atoms with Gasteiger partial charge in [-0.3, -0.25) is 9.69 Å². The Morgan fingerprint density at radius 3 is 2.56 bits per heavy atom. The van der Waals surface area contributed by atoms with E-state index in [0.29, 0.717) is 42.0 Å². The number of alkyl halides is 3. The fourth-order valence-electron chi connectivity index (χ4n) is 5.43. The number of nitrogens with one attached hydrogen (secondary N) is 2. The van der Waals surface area contributed by atoms with Gasteiger partial charge in [-0.15, -0.1) is 0 Å². The molecule has 0 unspecified atom stereocenters. The molecule has 15 heteroatoms. The van der Waals surface area contributed by atoms with Crippen molar-refractivity contribution in [1.82, 2.24) is 19.2 Å². The average molecular weight is 620 g/mol. The van der Waals surface area contributed by atoms with E-state index in [9.17, 15) is 26.4 Å². The first-order valence-electron chi connectivity index (χ1n) is 13.4. The van der Waals surface area contributed by atoms with Crippen LogP contribution in [-0.2, 0) is 27.4 Å². The second-order valence-corrected chi connectivity index (χ2v) is 12.7. The predicted octanol–water partition coefficient (Wildman–Crippen LogP) is 3.50. The minimum Gasteiger partial charge on any atom is -0.494 e. The number of hydrogen-bond donors (Lipinski definition) is 2. The lowest BCUT2D eigenvalue weighted by molar-refractivity contribution is -0.137. The van der Waals surface area contributed by atoms with Crippen LogP contribution in [0.2, 0.25) is 0 Å². The van der Waals surface area contributed by atoms with E-state index < -0.39 is 39.7 Å². The highest BCUT2D eigenvalue weighted by Gasteiger charge is 2.41. The van der Waals surface area contributed by atoms with Crippen molar-refractivity contribution < 1.29 is 31.1 Å². The quantitative estimate of drug-likeness (QED) is 0.391. The number of piperazine rings is 1. The van der Waals surface area contributed by atoms with Crippen LogP contribution in [0.25, 0.3) is 0 Å². The van der Waals surface area contributed by atoms with E-state index in [4.69, 9.17) is 4.74 Å². The number of methoxy groups -OCH3 is 1. The van der Waals surface area contributed by atoms with E-state index in [2.05, 4.69) is 20.6 Å². The lowest BCUT2D eigenvalue weighted by Gasteiger charge is -2.32. The van der Waals surface area contributed by atoms with Crippen LogP contribution in [0.3, 0.4) is 0 Å². The van der Waals surface area contributed by atoms with Crippen LogP contribution in [0, 0.1) is 0 Å². The molecule has 2 N–H and O–H groups in total. The molecule has 0 bridgehead atoms. The van der Waals surface area contributed by atoms with Gasteiger partial charge in [0.1, 0.15) is 17.1 Å². The van der Waals surface area contributed by atoms with E-state index in [1.54, 1.807) is 41.3 Å². The summed E-state index contributed by atoms with van der Waals surface area (Å²) in [5.41, 5.74) is 1.44. The number of sulfonamides is 1. The molecule has 230 valence electrons. The minimum absolute atomic E-state index is 0.0628. The van der Waals surface area contributed by atoms with Gasteiger partial charge in [-0.2, -0.15) is 22.5 Å². The molecule has 1 saturated heterocycles. The van der Waals surface area contributed by atoms with E-state index in [1.807, 2.05) is 18.0 Å². The fourth-order valence-corrected chi connectivity index (χ4v) is 6.10. The van der Waals surface area contributed by atoms with Gasteiger partial charge in [0.15, 0.2) is 0 Å². The van der Waals surface area contributed by atoms with Crippen LogP contribution >= 0.6 is 0 Å². The van der Waals surface area contributed by atoms with E-state index >= 15 is 0 Å². The Morgan fingerprint density at radius 1 is 1.14 bits per heavy atom. The Hall–Kier alpha value is -3.95. The summed E-state index contributed by atoms with van der Waals surface area (Å²) in [5, 5.41) is 5.80. The fraction of sp³-hybridized carbons (Fsp3) is 0.393. The molecule has 1 amide bonds. The number of anilines is 4. The molecule has 3 aromatic rings. The third-order valence-electron chi connectivity index (χ3n) is 7.68. The molecule has 11 nitrogen and oxygen atoms in total. The zero-order valence-corrected chi connectivity index (χ0v) is 24.8. The topological polar surface area (TPSA) is 120 Å². The molecular weight excluding hydrogens is 587 g/mol. The summed E-state index contributed by atoms with van der Waals surface area (Å²) in [6, 6.07) is 10.7. The first kappa shape index (κ1) is 30.5. The predicted molar refractivity (Wildman–Crippen MR) is 156 cm³/mol. The normalized spacial score (nSPS) is 19.4. The Kier molecular flexibility index (Phi) is 8.24. The highest BCUT2D eigenvalue weighted by Crippen LogP contribution is 2.41. The third-order valence-corrected chi connectivity index (χ3v) is 8.95. The molecular formula is C28H32F3N7O4S. The molecule has 5 rings (SSSR count). The first-order chi connectivity index (χ1) is 20.3. The van der Waals surface area contributed by atoms with Crippen molar-refractivity contribution in [2.45, 2.75) is 24.7 Å². The number of halogens is 3. The standard InChI is InChI=1S/C28H32F3N7O4S/c1-36-11-12-38(24(39)16-36)18-9-10-21(23(14-18)42-3)34-27-32-15-20(28(29,30)31)26(35-27)33-22-13-17-7-5-6-8-19(17)25(22)37(2)43(4,40)41/h5-10,14-15,22,25H,11-13,16H2,1-4H3,(H2,32,33,34,35)/t22-,25-/m1/s1. The molecule has 2 aliphatic rings. The molecule has 0 radical (unpaired) electrons. The number of hydrogen-bond acceptors (Lipinski definition) is 9. The number of amides is 1. The summed E-state index contributed by atoms with van der Waals surface area (Å²) in [5.74, 6) is -0.357. The number of ether oxygens (including phenoxy) is 1. The van der Waals surface area contributed by atoms with E-state index in [1.165, 1.54) is 14.2 Å². The van der Waals surface area contributed by atoms with Gasteiger partial charge < -0.3 is 20.3 Å². The minimum atomic E-state index is -4.78. The number of aromatic nitrogens is 2. The smallest absolute Gasteiger partial charge is 0.421 e. The maximum absolute atomic E-state index is 14.1. The molecule has 2 heterocycles. The summed E-state index contributed by atoms with van der Waals surface area (Å²) >= 11 is 0. The Balaban J connectivity index is 1.46. The average Bonchev–Trinajstić information content (AvgIpc) is 3.29. The second-order valence-electron chi connectivity index (χ2n) is 10.6. The summed E-state index contributed by atoms with van der Waals surface area (Å²) in [4.78, 5) is 24.2. The van der Waals surface area contributed by atoms with Crippen molar-refractivity contribution >= 4 is 39.1 Å². The van der Waals surface area contributed by atoms with Crippen molar-refractivity contribution in [3.63, 3.8) is 0 Å². The number of benzene rings is 2. The number of carbonyl (C=O) groups is 1. The monoisotopic (exact) mass is 619 g/mol. The second kappa shape index (κ2) is 11.6. The molecule has 43 heavy (non-hydrogen) atoms. The summed E-state index contributed by atoms with van der Waals surface area (Å²) in [6.07, 6.45) is -2.76. The molecule has 1 fully saturated rings. The largest absolute Gasteiger partial charge is 0.494 e. The molecule has 1 aliphatic heterocycles. The summed E-state index contributed by atoms with van der Waals surface area (Å²) < 4.78 is 73.9. The number of nitrogens with zero attached hydrogens (tertiary/aromatic N) is 5. The highest BCUT2D eigenvalue weighted by molar-refractivity contribution is 7.88. The SMILES string of the molecule is COc1cc(N2CCN(C)CC2=O)ccc1Nc1ncc(C(F)(F)F)c(N[C@@H]2Cc3ccccc3[C@H]2N(C)S(C)(=O)=O)n1. The summed E-state index contributed by atoms with van der Waals surface area (Å²) in [6.45, 7) is 1.49. The van der Waals surface area contributed by atoms with Gasteiger partial charge in [0.05, 0.1) is 37.7 Å². The van der Waals surface area contributed by atoms with Crippen LogP contribution in [0.4, 0.5) is 36.3 Å². The zero-order chi connectivity index (χ0) is 31.1. The van der Waals surface area contributed by atoms with Crippen LogP contribution in [0.1, 0.15) is 22.7 Å². The highest BCUT2D eigenvalue weighted by atomic mass is 32.2. The third kappa shape index (κ3) is 6.38. The summed E-state index contributed by atoms with van der Waals surface area (Å²) in [7, 11) is 1.02. The van der Waals surface area contributed by atoms with Crippen LogP contribution in [0.5, 0.6) is 5.75 Å². The number of carbonyl (C=O) groups excluding carboxylic acids is 1. The molecule has 1 aromatic heterocycles. The molecule has 0 saturated carbocycles. The lowest BCUT2D eigenvalue weighted by atomic mass is 10.1. The number of likely N-dealkylation sites (N-methyl/N-ethyl adjacent to an activating group) is 2.